The van der Waals surface area contributed by atoms with Gasteiger partial charge in [-0.3, -0.25) is 9.48 Å². The molecule has 0 radical (unpaired) electrons. The summed E-state index contributed by atoms with van der Waals surface area (Å²) in [5.74, 6) is 1.78. The molecule has 2 heterocycles. The van der Waals surface area contributed by atoms with E-state index in [0.29, 0.717) is 54.9 Å². The second-order valence-electron chi connectivity index (χ2n) is 8.27. The zero-order valence-corrected chi connectivity index (χ0v) is 17.7. The van der Waals surface area contributed by atoms with E-state index in [-0.39, 0.29) is 0 Å². The first-order valence-electron chi connectivity index (χ1n) is 11.0. The maximum atomic E-state index is 11.6. The highest BCUT2D eigenvalue weighted by molar-refractivity contribution is 5.79. The van der Waals surface area contributed by atoms with E-state index in [9.17, 15) is 4.79 Å². The van der Waals surface area contributed by atoms with E-state index in [1.165, 1.54) is 37.8 Å². The van der Waals surface area contributed by atoms with E-state index in [1.807, 2.05) is 6.20 Å². The average Bonchev–Trinajstić information content (AvgIpc) is 3.20. The van der Waals surface area contributed by atoms with Crippen molar-refractivity contribution in [3.8, 4) is 11.6 Å². The molecule has 30 heavy (non-hydrogen) atoms. The van der Waals surface area contributed by atoms with Crippen LogP contribution in [0.2, 0.25) is 0 Å². The van der Waals surface area contributed by atoms with Crippen molar-refractivity contribution in [2.24, 2.45) is 5.92 Å². The van der Waals surface area contributed by atoms with Gasteiger partial charge < -0.3 is 14.2 Å². The van der Waals surface area contributed by atoms with Crippen LogP contribution in [-0.2, 0) is 4.74 Å². The molecule has 2 aromatic heterocycles. The first-order chi connectivity index (χ1) is 14.8. The SMILES string of the molecule is COCCOc1cc(C=O)c(OCC2CCCCC2c2ccnn2C2CCC2)cn1. The van der Waals surface area contributed by atoms with Crippen molar-refractivity contribution < 1.29 is 19.0 Å². The highest BCUT2D eigenvalue weighted by Gasteiger charge is 2.32. The molecular formula is C23H31N3O4. The Hall–Kier alpha value is -2.41. The third kappa shape index (κ3) is 4.67. The van der Waals surface area contributed by atoms with Gasteiger partial charge in [0.25, 0.3) is 0 Å². The molecule has 4 rings (SSSR count). The second kappa shape index (κ2) is 10.1. The fourth-order valence-corrected chi connectivity index (χ4v) is 4.51. The molecule has 0 aromatic carbocycles. The number of ether oxygens (including phenoxy) is 3. The van der Waals surface area contributed by atoms with Gasteiger partial charge in [0.2, 0.25) is 5.88 Å². The summed E-state index contributed by atoms with van der Waals surface area (Å²) in [5.41, 5.74) is 1.81. The number of methoxy groups -OCH3 is 1. The molecular weight excluding hydrogens is 382 g/mol. The lowest BCUT2D eigenvalue weighted by atomic mass is 9.77. The van der Waals surface area contributed by atoms with Gasteiger partial charge in [-0.2, -0.15) is 5.10 Å². The summed E-state index contributed by atoms with van der Waals surface area (Å²) in [4.78, 5) is 15.8. The first-order valence-corrected chi connectivity index (χ1v) is 11.0. The Morgan fingerprint density at radius 2 is 2.00 bits per heavy atom. The number of hydrogen-bond donors (Lipinski definition) is 0. The molecule has 0 saturated heterocycles. The van der Waals surface area contributed by atoms with E-state index >= 15 is 0 Å². The molecule has 162 valence electrons. The smallest absolute Gasteiger partial charge is 0.214 e. The van der Waals surface area contributed by atoms with Gasteiger partial charge in [-0.05, 0) is 38.2 Å². The Kier molecular flexibility index (Phi) is 7.00. The van der Waals surface area contributed by atoms with Crippen molar-refractivity contribution in [2.75, 3.05) is 26.9 Å². The largest absolute Gasteiger partial charge is 0.491 e. The summed E-state index contributed by atoms with van der Waals surface area (Å²) in [5, 5.41) is 4.63. The maximum Gasteiger partial charge on any atom is 0.214 e. The second-order valence-corrected chi connectivity index (χ2v) is 8.27. The molecule has 2 unspecified atom stereocenters. The Balaban J connectivity index is 1.43. The Morgan fingerprint density at radius 1 is 1.13 bits per heavy atom. The molecule has 0 aliphatic heterocycles. The summed E-state index contributed by atoms with van der Waals surface area (Å²) in [6.45, 7) is 1.43. The summed E-state index contributed by atoms with van der Waals surface area (Å²) >= 11 is 0. The number of carbonyl (C=O) groups is 1. The fraction of sp³-hybridized carbons (Fsp3) is 0.609. The fourth-order valence-electron chi connectivity index (χ4n) is 4.51. The average molecular weight is 414 g/mol. The van der Waals surface area contributed by atoms with Crippen molar-refractivity contribution in [3.05, 3.63) is 35.8 Å². The molecule has 7 nitrogen and oxygen atoms in total. The molecule has 2 aliphatic carbocycles. The van der Waals surface area contributed by atoms with Gasteiger partial charge in [0, 0.05) is 36.9 Å². The predicted octanol–water partition coefficient (Wildman–Crippen LogP) is 4.19. The Bertz CT molecular complexity index is 834. The normalized spacial score (nSPS) is 21.8. The molecule has 0 bridgehead atoms. The van der Waals surface area contributed by atoms with E-state index in [1.54, 1.807) is 19.4 Å². The predicted molar refractivity (Wildman–Crippen MR) is 112 cm³/mol. The number of nitrogens with zero attached hydrogens (tertiary/aromatic N) is 3. The van der Waals surface area contributed by atoms with Crippen LogP contribution in [-0.4, -0.2) is 48.0 Å². The van der Waals surface area contributed by atoms with Crippen LogP contribution in [0.1, 0.15) is 73.0 Å². The van der Waals surface area contributed by atoms with Crippen molar-refractivity contribution in [1.29, 1.82) is 0 Å². The summed E-state index contributed by atoms with van der Waals surface area (Å²) in [6, 6.07) is 4.38. The van der Waals surface area contributed by atoms with Crippen LogP contribution < -0.4 is 9.47 Å². The quantitative estimate of drug-likeness (QED) is 0.429. The summed E-state index contributed by atoms with van der Waals surface area (Å²) < 4.78 is 18.8. The van der Waals surface area contributed by atoms with Gasteiger partial charge in [0.15, 0.2) is 6.29 Å². The molecule has 7 heteroatoms. The number of hydrogen-bond acceptors (Lipinski definition) is 6. The molecule has 2 saturated carbocycles. The van der Waals surface area contributed by atoms with Crippen molar-refractivity contribution in [2.45, 2.75) is 56.9 Å². The lowest BCUT2D eigenvalue weighted by Gasteiger charge is -2.35. The van der Waals surface area contributed by atoms with Crippen LogP contribution in [0.25, 0.3) is 0 Å². The number of pyridine rings is 1. The van der Waals surface area contributed by atoms with Crippen LogP contribution in [0.4, 0.5) is 0 Å². The third-order valence-electron chi connectivity index (χ3n) is 6.40. The van der Waals surface area contributed by atoms with E-state index in [2.05, 4.69) is 20.8 Å². The van der Waals surface area contributed by atoms with Crippen molar-refractivity contribution in [3.63, 3.8) is 0 Å². The lowest BCUT2D eigenvalue weighted by molar-refractivity contribution is 0.111. The van der Waals surface area contributed by atoms with Crippen LogP contribution in [0, 0.1) is 5.92 Å². The number of aldehydes is 1. The third-order valence-corrected chi connectivity index (χ3v) is 6.40. The van der Waals surface area contributed by atoms with E-state index < -0.39 is 0 Å². The highest BCUT2D eigenvalue weighted by Crippen LogP contribution is 2.41. The van der Waals surface area contributed by atoms with Gasteiger partial charge in [0.05, 0.1) is 31.0 Å². The molecule has 0 amide bonds. The number of rotatable bonds is 10. The van der Waals surface area contributed by atoms with Gasteiger partial charge in [-0.15, -0.1) is 0 Å². The van der Waals surface area contributed by atoms with Crippen LogP contribution in [0.15, 0.2) is 24.5 Å². The monoisotopic (exact) mass is 413 g/mol. The van der Waals surface area contributed by atoms with Gasteiger partial charge in [-0.25, -0.2) is 4.98 Å². The summed E-state index contributed by atoms with van der Waals surface area (Å²) in [6.07, 6.45) is 12.8. The Morgan fingerprint density at radius 3 is 2.77 bits per heavy atom. The van der Waals surface area contributed by atoms with Gasteiger partial charge >= 0.3 is 0 Å². The van der Waals surface area contributed by atoms with Crippen LogP contribution >= 0.6 is 0 Å². The maximum absolute atomic E-state index is 11.6. The summed E-state index contributed by atoms with van der Waals surface area (Å²) in [7, 11) is 1.61. The minimum absolute atomic E-state index is 0.389. The molecule has 0 N–H and O–H groups in total. The minimum atomic E-state index is 0.389. The molecule has 0 spiro atoms. The van der Waals surface area contributed by atoms with E-state index in [4.69, 9.17) is 14.2 Å². The Labute approximate surface area is 177 Å². The van der Waals surface area contributed by atoms with E-state index in [0.717, 1.165) is 19.1 Å². The van der Waals surface area contributed by atoms with Crippen molar-refractivity contribution >= 4 is 6.29 Å². The van der Waals surface area contributed by atoms with Crippen molar-refractivity contribution in [1.82, 2.24) is 14.8 Å². The highest BCUT2D eigenvalue weighted by atomic mass is 16.5. The molecule has 2 atom stereocenters. The minimum Gasteiger partial charge on any atom is -0.491 e. The number of aromatic nitrogens is 3. The zero-order valence-electron chi connectivity index (χ0n) is 17.7. The first kappa shape index (κ1) is 20.8. The molecule has 2 fully saturated rings. The molecule has 2 aliphatic rings. The lowest BCUT2D eigenvalue weighted by Crippen LogP contribution is -2.28. The number of carbonyl (C=O) groups excluding carboxylic acids is 1. The van der Waals surface area contributed by atoms with Gasteiger partial charge in [0.1, 0.15) is 12.4 Å². The zero-order chi connectivity index (χ0) is 20.8. The standard InChI is InChI=1S/C23H31N3O4/c1-28-11-12-29-23-13-18(15-27)22(14-24-23)30-16-17-5-2-3-8-20(17)21-9-10-25-26(21)19-6-4-7-19/h9-10,13-15,17,19-20H,2-8,11-12,16H2,1H3. The van der Waals surface area contributed by atoms with Crippen LogP contribution in [0.5, 0.6) is 11.6 Å². The molecule has 2 aromatic rings. The van der Waals surface area contributed by atoms with Crippen LogP contribution in [0.3, 0.4) is 0 Å². The topological polar surface area (TPSA) is 75.5 Å². The van der Waals surface area contributed by atoms with Gasteiger partial charge in [-0.1, -0.05) is 12.8 Å².